The number of carbonyl (C=O) groups is 2. The number of halogens is 2. The highest BCUT2D eigenvalue weighted by molar-refractivity contribution is 7.09. The molecule has 0 bridgehead atoms. The smallest absolute Gasteiger partial charge is 0.341 e. The van der Waals surface area contributed by atoms with Crippen LogP contribution < -0.4 is 4.74 Å². The van der Waals surface area contributed by atoms with E-state index >= 15 is 0 Å². The number of carboxylic acids is 1. The predicted molar refractivity (Wildman–Crippen MR) is 121 cm³/mol. The molecule has 2 aromatic carbocycles. The first kappa shape index (κ1) is 21.9. The van der Waals surface area contributed by atoms with E-state index in [-0.39, 0.29) is 23.6 Å². The SMILES string of the molecule is O=C(O)COc1ccc(Cl)cc1C1c2scnc2CCN1C(=O)[C@H]1C[C@@H]1c1ccc(F)cc1. The highest BCUT2D eigenvalue weighted by atomic mass is 35.5. The molecule has 1 N–H and O–H groups in total. The fraction of sp³-hybridized carbons (Fsp3) is 0.292. The van der Waals surface area contributed by atoms with Crippen LogP contribution in [0.25, 0.3) is 0 Å². The van der Waals surface area contributed by atoms with Crippen LogP contribution in [0, 0.1) is 11.7 Å². The van der Waals surface area contributed by atoms with Crippen LogP contribution in [-0.2, 0) is 16.0 Å². The van der Waals surface area contributed by atoms with Crippen LogP contribution in [0.3, 0.4) is 0 Å². The van der Waals surface area contributed by atoms with Gasteiger partial charge in [0.15, 0.2) is 6.61 Å². The minimum atomic E-state index is -1.09. The van der Waals surface area contributed by atoms with Crippen molar-refractivity contribution >= 4 is 34.8 Å². The van der Waals surface area contributed by atoms with Gasteiger partial charge in [-0.15, -0.1) is 11.3 Å². The van der Waals surface area contributed by atoms with Gasteiger partial charge in [-0.3, -0.25) is 4.79 Å². The summed E-state index contributed by atoms with van der Waals surface area (Å²) in [6.45, 7) is -0.0160. The Morgan fingerprint density at radius 2 is 2.03 bits per heavy atom. The first-order valence-electron chi connectivity index (χ1n) is 10.5. The molecule has 1 aromatic heterocycles. The summed E-state index contributed by atoms with van der Waals surface area (Å²) in [5.74, 6) is -1.13. The number of aliphatic carboxylic acids is 1. The van der Waals surface area contributed by atoms with Crippen LogP contribution in [-0.4, -0.2) is 40.0 Å². The summed E-state index contributed by atoms with van der Waals surface area (Å²) < 4.78 is 18.9. The van der Waals surface area contributed by atoms with Gasteiger partial charge < -0.3 is 14.7 Å². The fourth-order valence-electron chi connectivity index (χ4n) is 4.50. The Balaban J connectivity index is 1.48. The van der Waals surface area contributed by atoms with E-state index < -0.39 is 18.6 Å². The molecule has 2 aliphatic rings. The number of hydrogen-bond donors (Lipinski definition) is 1. The van der Waals surface area contributed by atoms with E-state index in [1.54, 1.807) is 35.8 Å². The molecule has 2 heterocycles. The van der Waals surface area contributed by atoms with E-state index in [2.05, 4.69) is 4.98 Å². The van der Waals surface area contributed by atoms with Crippen molar-refractivity contribution in [1.82, 2.24) is 9.88 Å². The number of nitrogens with zero attached hydrogens (tertiary/aromatic N) is 2. The van der Waals surface area contributed by atoms with Crippen LogP contribution in [0.2, 0.25) is 5.02 Å². The third-order valence-corrected chi connectivity index (χ3v) is 7.29. The van der Waals surface area contributed by atoms with Gasteiger partial charge in [-0.2, -0.15) is 0 Å². The zero-order valence-electron chi connectivity index (χ0n) is 17.4. The third-order valence-electron chi connectivity index (χ3n) is 6.13. The minimum absolute atomic E-state index is 0.0116. The van der Waals surface area contributed by atoms with Crippen LogP contribution in [0.4, 0.5) is 4.39 Å². The average molecular weight is 487 g/mol. The fourth-order valence-corrected chi connectivity index (χ4v) is 5.64. The molecule has 0 saturated heterocycles. The van der Waals surface area contributed by atoms with Crippen LogP contribution >= 0.6 is 22.9 Å². The molecule has 0 spiro atoms. The van der Waals surface area contributed by atoms with Crippen molar-refractivity contribution in [2.45, 2.75) is 24.8 Å². The monoisotopic (exact) mass is 486 g/mol. The molecule has 1 aliphatic heterocycles. The lowest BCUT2D eigenvalue weighted by Gasteiger charge is -2.36. The van der Waals surface area contributed by atoms with Crippen LogP contribution in [0.15, 0.2) is 48.0 Å². The number of carbonyl (C=O) groups excluding carboxylic acids is 1. The lowest BCUT2D eigenvalue weighted by molar-refractivity contribution is -0.139. The van der Waals surface area contributed by atoms with Gasteiger partial charge in [-0.25, -0.2) is 14.2 Å². The van der Waals surface area contributed by atoms with Crippen molar-refractivity contribution in [1.29, 1.82) is 0 Å². The third kappa shape index (κ3) is 4.32. The first-order valence-corrected chi connectivity index (χ1v) is 11.8. The molecule has 3 aromatic rings. The molecular formula is C24H20ClFN2O4S. The standard InChI is InChI=1S/C24H20ClFN2O4S/c25-14-3-6-20(32-11-21(29)30)18(9-14)22-23-19(27-12-33-23)7-8-28(22)24(31)17-10-16(17)13-1-4-15(26)5-2-13/h1-6,9,12,16-17,22H,7-8,10-11H2,(H,29,30)/t16-,17+,22?/m1/s1. The van der Waals surface area contributed by atoms with Gasteiger partial charge in [0.05, 0.1) is 22.1 Å². The molecular weight excluding hydrogens is 467 g/mol. The second-order valence-corrected chi connectivity index (χ2v) is 9.54. The number of carboxylic acid groups (broad SMARTS) is 1. The molecule has 170 valence electrons. The zero-order chi connectivity index (χ0) is 23.1. The zero-order valence-corrected chi connectivity index (χ0v) is 19.0. The van der Waals surface area contributed by atoms with Crippen molar-refractivity contribution in [3.63, 3.8) is 0 Å². The normalized spacial score (nSPS) is 21.4. The molecule has 1 saturated carbocycles. The number of aromatic nitrogens is 1. The molecule has 1 amide bonds. The lowest BCUT2D eigenvalue weighted by Crippen LogP contribution is -2.41. The van der Waals surface area contributed by atoms with Crippen molar-refractivity contribution in [2.75, 3.05) is 13.2 Å². The summed E-state index contributed by atoms with van der Waals surface area (Å²) in [6, 6.07) is 10.8. The highest BCUT2D eigenvalue weighted by Gasteiger charge is 2.48. The number of amides is 1. The molecule has 1 fully saturated rings. The van der Waals surface area contributed by atoms with Gasteiger partial charge in [-0.05, 0) is 48.2 Å². The van der Waals surface area contributed by atoms with Gasteiger partial charge in [0.2, 0.25) is 5.91 Å². The number of fused-ring (bicyclic) bond motifs is 1. The Morgan fingerprint density at radius 1 is 1.24 bits per heavy atom. The Bertz CT molecular complexity index is 1220. The van der Waals surface area contributed by atoms with Gasteiger partial charge in [-0.1, -0.05) is 23.7 Å². The van der Waals surface area contributed by atoms with Crippen molar-refractivity contribution in [2.24, 2.45) is 5.92 Å². The van der Waals surface area contributed by atoms with Crippen molar-refractivity contribution in [3.8, 4) is 5.75 Å². The van der Waals surface area contributed by atoms with E-state index in [0.29, 0.717) is 35.7 Å². The Kier molecular flexibility index (Phi) is 5.80. The molecule has 33 heavy (non-hydrogen) atoms. The van der Waals surface area contributed by atoms with Gasteiger partial charge >= 0.3 is 5.97 Å². The van der Waals surface area contributed by atoms with E-state index in [0.717, 1.165) is 16.1 Å². The van der Waals surface area contributed by atoms with Gasteiger partial charge in [0.1, 0.15) is 11.6 Å². The van der Waals surface area contributed by atoms with Gasteiger partial charge in [0, 0.05) is 29.5 Å². The van der Waals surface area contributed by atoms with E-state index in [1.807, 2.05) is 4.90 Å². The summed E-state index contributed by atoms with van der Waals surface area (Å²) in [4.78, 5) is 32.0. The average Bonchev–Trinajstić information content (AvgIpc) is 3.45. The largest absolute Gasteiger partial charge is 0.482 e. The van der Waals surface area contributed by atoms with Crippen molar-refractivity contribution < 1.29 is 23.8 Å². The quantitative estimate of drug-likeness (QED) is 0.547. The van der Waals surface area contributed by atoms with Crippen LogP contribution in [0.5, 0.6) is 5.75 Å². The molecule has 1 aliphatic carbocycles. The molecule has 0 radical (unpaired) electrons. The Morgan fingerprint density at radius 3 is 2.79 bits per heavy atom. The highest BCUT2D eigenvalue weighted by Crippen LogP contribution is 2.51. The summed E-state index contributed by atoms with van der Waals surface area (Å²) in [6.07, 6.45) is 1.35. The number of benzene rings is 2. The summed E-state index contributed by atoms with van der Waals surface area (Å²) in [5, 5.41) is 9.55. The number of hydrogen-bond acceptors (Lipinski definition) is 5. The second-order valence-electron chi connectivity index (χ2n) is 8.21. The summed E-state index contributed by atoms with van der Waals surface area (Å²) in [7, 11) is 0. The minimum Gasteiger partial charge on any atom is -0.482 e. The number of ether oxygens (including phenoxy) is 1. The summed E-state index contributed by atoms with van der Waals surface area (Å²) >= 11 is 7.76. The van der Waals surface area contributed by atoms with E-state index in [4.69, 9.17) is 21.4 Å². The maximum absolute atomic E-state index is 13.7. The predicted octanol–water partition coefficient (Wildman–Crippen LogP) is 4.68. The first-order chi connectivity index (χ1) is 15.9. The van der Waals surface area contributed by atoms with Gasteiger partial charge in [0.25, 0.3) is 0 Å². The number of thiazole rings is 1. The lowest BCUT2D eigenvalue weighted by atomic mass is 9.95. The van der Waals surface area contributed by atoms with Crippen LogP contribution in [0.1, 0.15) is 40.1 Å². The molecule has 5 rings (SSSR count). The van der Waals surface area contributed by atoms with E-state index in [1.165, 1.54) is 23.5 Å². The summed E-state index contributed by atoms with van der Waals surface area (Å²) in [5.41, 5.74) is 4.27. The Labute approximate surface area is 198 Å². The molecule has 6 nitrogen and oxygen atoms in total. The molecule has 9 heteroatoms. The van der Waals surface area contributed by atoms with E-state index in [9.17, 15) is 14.0 Å². The van der Waals surface area contributed by atoms with Crippen molar-refractivity contribution in [3.05, 3.63) is 80.5 Å². The topological polar surface area (TPSA) is 79.7 Å². The molecule has 1 unspecified atom stereocenters. The molecule has 3 atom stereocenters. The second kappa shape index (κ2) is 8.76. The maximum atomic E-state index is 13.7. The maximum Gasteiger partial charge on any atom is 0.341 e. The number of rotatable bonds is 6. The Hall–Kier alpha value is -2.97.